The standard InChI is InChI=1S/C27H33N3O3S/c1-20(2)25-8-5-7-21(3)27(25)30(34(4,32)33)18-6-9-26(31)29-24-12-10-22(11-13-24)19-23-14-16-28-17-15-23/h5,7-8,10-17,20H,6,9,18-19H2,1-4H3,(H,29,31). The van der Waals surface area contributed by atoms with Gasteiger partial charge in [-0.25, -0.2) is 8.42 Å². The number of hydrogen-bond acceptors (Lipinski definition) is 4. The maximum Gasteiger partial charge on any atom is 0.232 e. The lowest BCUT2D eigenvalue weighted by Crippen LogP contribution is -2.33. The molecule has 1 aromatic heterocycles. The number of pyridine rings is 1. The Labute approximate surface area is 203 Å². The fraction of sp³-hybridized carbons (Fsp3) is 0.333. The van der Waals surface area contributed by atoms with Gasteiger partial charge in [0.2, 0.25) is 15.9 Å². The van der Waals surface area contributed by atoms with Crippen LogP contribution in [0.15, 0.2) is 67.0 Å². The van der Waals surface area contributed by atoms with Crippen LogP contribution < -0.4 is 9.62 Å². The topological polar surface area (TPSA) is 79.4 Å². The van der Waals surface area contributed by atoms with E-state index < -0.39 is 10.0 Å². The molecular weight excluding hydrogens is 446 g/mol. The zero-order valence-corrected chi connectivity index (χ0v) is 21.1. The normalized spacial score (nSPS) is 11.4. The molecule has 1 amide bonds. The molecule has 180 valence electrons. The quantitative estimate of drug-likeness (QED) is 0.429. The predicted octanol–water partition coefficient (Wildman–Crippen LogP) is 5.29. The molecule has 1 N–H and O–H groups in total. The monoisotopic (exact) mass is 479 g/mol. The number of carbonyl (C=O) groups is 1. The van der Waals surface area contributed by atoms with Crippen molar-refractivity contribution < 1.29 is 13.2 Å². The molecule has 0 unspecified atom stereocenters. The van der Waals surface area contributed by atoms with Gasteiger partial charge in [-0.15, -0.1) is 0 Å². The minimum atomic E-state index is -3.49. The Bertz CT molecular complexity index is 1210. The molecule has 0 fully saturated rings. The lowest BCUT2D eigenvalue weighted by molar-refractivity contribution is -0.116. The first kappa shape index (κ1) is 25.4. The SMILES string of the molecule is Cc1cccc(C(C)C)c1N(CCCC(=O)Nc1ccc(Cc2ccncc2)cc1)S(C)(=O)=O. The Morgan fingerprint density at radius 3 is 2.26 bits per heavy atom. The highest BCUT2D eigenvalue weighted by molar-refractivity contribution is 7.92. The van der Waals surface area contributed by atoms with E-state index in [1.54, 1.807) is 12.4 Å². The van der Waals surface area contributed by atoms with Gasteiger partial charge in [0.1, 0.15) is 0 Å². The maximum absolute atomic E-state index is 12.6. The van der Waals surface area contributed by atoms with Crippen molar-refractivity contribution >= 4 is 27.3 Å². The number of carbonyl (C=O) groups excluding carboxylic acids is 1. The molecule has 0 saturated heterocycles. The third-order valence-corrected chi connectivity index (χ3v) is 6.87. The van der Waals surface area contributed by atoms with E-state index in [0.29, 0.717) is 6.42 Å². The minimum Gasteiger partial charge on any atom is -0.326 e. The number of nitrogens with one attached hydrogen (secondary N) is 1. The third kappa shape index (κ3) is 6.90. The molecule has 0 saturated carbocycles. The van der Waals surface area contributed by atoms with E-state index in [-0.39, 0.29) is 24.8 Å². The van der Waals surface area contributed by atoms with E-state index in [1.807, 2.05) is 61.5 Å². The largest absolute Gasteiger partial charge is 0.326 e. The molecule has 1 heterocycles. The first-order valence-corrected chi connectivity index (χ1v) is 13.3. The van der Waals surface area contributed by atoms with Crippen LogP contribution >= 0.6 is 0 Å². The second kappa shape index (κ2) is 11.3. The van der Waals surface area contributed by atoms with Gasteiger partial charge in [0.15, 0.2) is 0 Å². The van der Waals surface area contributed by atoms with Gasteiger partial charge < -0.3 is 5.32 Å². The molecule has 0 spiro atoms. The zero-order valence-electron chi connectivity index (χ0n) is 20.3. The number of amides is 1. The van der Waals surface area contributed by atoms with E-state index in [0.717, 1.165) is 34.5 Å². The third-order valence-electron chi connectivity index (χ3n) is 5.70. The number of para-hydroxylation sites is 1. The van der Waals surface area contributed by atoms with E-state index in [2.05, 4.69) is 24.1 Å². The molecule has 0 aliphatic carbocycles. The average molecular weight is 480 g/mol. The first-order chi connectivity index (χ1) is 16.1. The van der Waals surface area contributed by atoms with Crippen molar-refractivity contribution in [1.82, 2.24) is 4.98 Å². The Kier molecular flexibility index (Phi) is 8.45. The van der Waals surface area contributed by atoms with Gasteiger partial charge in [-0.1, -0.05) is 44.2 Å². The summed E-state index contributed by atoms with van der Waals surface area (Å²) >= 11 is 0. The summed E-state index contributed by atoms with van der Waals surface area (Å²) in [6.07, 6.45) is 6.22. The molecule has 0 bridgehead atoms. The van der Waals surface area contributed by atoms with E-state index in [1.165, 1.54) is 16.1 Å². The van der Waals surface area contributed by atoms with Crippen molar-refractivity contribution in [2.24, 2.45) is 0 Å². The fourth-order valence-corrected chi connectivity index (χ4v) is 5.02. The fourth-order valence-electron chi connectivity index (χ4n) is 3.98. The van der Waals surface area contributed by atoms with Gasteiger partial charge in [-0.3, -0.25) is 14.1 Å². The lowest BCUT2D eigenvalue weighted by Gasteiger charge is -2.28. The molecule has 0 aliphatic rings. The molecule has 0 aliphatic heterocycles. The molecular formula is C27H33N3O3S. The van der Waals surface area contributed by atoms with Crippen LogP contribution in [0.25, 0.3) is 0 Å². The summed E-state index contributed by atoms with van der Waals surface area (Å²) in [7, 11) is -3.49. The van der Waals surface area contributed by atoms with Crippen molar-refractivity contribution in [3.05, 3.63) is 89.2 Å². The maximum atomic E-state index is 12.6. The number of aromatic nitrogens is 1. The lowest BCUT2D eigenvalue weighted by atomic mass is 9.98. The van der Waals surface area contributed by atoms with Crippen molar-refractivity contribution in [2.75, 3.05) is 22.4 Å². The molecule has 0 radical (unpaired) electrons. The summed E-state index contributed by atoms with van der Waals surface area (Å²) in [4.78, 5) is 16.5. The average Bonchev–Trinajstić information content (AvgIpc) is 2.78. The van der Waals surface area contributed by atoms with Crippen LogP contribution in [-0.4, -0.2) is 32.1 Å². The van der Waals surface area contributed by atoms with Crippen molar-refractivity contribution in [2.45, 2.75) is 46.0 Å². The van der Waals surface area contributed by atoms with Gasteiger partial charge in [-0.2, -0.15) is 0 Å². The van der Waals surface area contributed by atoms with Crippen LogP contribution in [0.2, 0.25) is 0 Å². The van der Waals surface area contributed by atoms with Gasteiger partial charge >= 0.3 is 0 Å². The van der Waals surface area contributed by atoms with Crippen LogP contribution in [0, 0.1) is 6.92 Å². The summed E-state index contributed by atoms with van der Waals surface area (Å²) in [5, 5.41) is 2.91. The predicted molar refractivity (Wildman–Crippen MR) is 139 cm³/mol. The zero-order chi connectivity index (χ0) is 24.7. The molecule has 3 aromatic rings. The Balaban J connectivity index is 1.60. The smallest absolute Gasteiger partial charge is 0.232 e. The van der Waals surface area contributed by atoms with Crippen LogP contribution in [0.5, 0.6) is 0 Å². The Morgan fingerprint density at radius 1 is 1.00 bits per heavy atom. The molecule has 7 heteroatoms. The van der Waals surface area contributed by atoms with E-state index in [4.69, 9.17) is 0 Å². The molecule has 34 heavy (non-hydrogen) atoms. The van der Waals surface area contributed by atoms with Crippen molar-refractivity contribution in [3.63, 3.8) is 0 Å². The van der Waals surface area contributed by atoms with Crippen LogP contribution in [0.3, 0.4) is 0 Å². The number of hydrogen-bond donors (Lipinski definition) is 1. The number of sulfonamides is 1. The summed E-state index contributed by atoms with van der Waals surface area (Å²) < 4.78 is 26.7. The summed E-state index contributed by atoms with van der Waals surface area (Å²) in [6, 6.07) is 17.6. The number of benzene rings is 2. The number of anilines is 2. The van der Waals surface area contributed by atoms with E-state index in [9.17, 15) is 13.2 Å². The number of nitrogens with zero attached hydrogens (tertiary/aromatic N) is 2. The number of rotatable bonds is 10. The second-order valence-corrected chi connectivity index (χ2v) is 10.8. The van der Waals surface area contributed by atoms with Crippen LogP contribution in [0.4, 0.5) is 11.4 Å². The van der Waals surface area contributed by atoms with Gasteiger partial charge in [0, 0.05) is 31.0 Å². The Morgan fingerprint density at radius 2 is 1.65 bits per heavy atom. The summed E-state index contributed by atoms with van der Waals surface area (Å²) in [5.74, 6) is 0.0492. The summed E-state index contributed by atoms with van der Waals surface area (Å²) in [5.41, 5.74) is 5.67. The van der Waals surface area contributed by atoms with Crippen LogP contribution in [0.1, 0.15) is 54.9 Å². The first-order valence-electron chi connectivity index (χ1n) is 11.5. The van der Waals surface area contributed by atoms with Gasteiger partial charge in [0.05, 0.1) is 11.9 Å². The highest BCUT2D eigenvalue weighted by Crippen LogP contribution is 2.32. The van der Waals surface area contributed by atoms with Gasteiger partial charge in [0.25, 0.3) is 0 Å². The molecule has 0 atom stereocenters. The molecule has 2 aromatic carbocycles. The minimum absolute atomic E-state index is 0.135. The van der Waals surface area contributed by atoms with Gasteiger partial charge in [-0.05, 0) is 72.2 Å². The molecule has 3 rings (SSSR count). The highest BCUT2D eigenvalue weighted by Gasteiger charge is 2.23. The van der Waals surface area contributed by atoms with Crippen LogP contribution in [-0.2, 0) is 21.2 Å². The van der Waals surface area contributed by atoms with Crippen molar-refractivity contribution in [3.8, 4) is 0 Å². The Hall–Kier alpha value is -3.19. The van der Waals surface area contributed by atoms with E-state index >= 15 is 0 Å². The van der Waals surface area contributed by atoms with Crippen molar-refractivity contribution in [1.29, 1.82) is 0 Å². The summed E-state index contributed by atoms with van der Waals surface area (Å²) in [6.45, 7) is 6.27. The molecule has 6 nitrogen and oxygen atoms in total. The second-order valence-electron chi connectivity index (χ2n) is 8.88. The highest BCUT2D eigenvalue weighted by atomic mass is 32.2. The number of aryl methyl sites for hydroxylation is 1.